The molecule has 0 aromatic heterocycles. The summed E-state index contributed by atoms with van der Waals surface area (Å²) >= 11 is 0. The summed E-state index contributed by atoms with van der Waals surface area (Å²) in [5.74, 6) is -0.195. The molecule has 9 nitrogen and oxygen atoms in total. The highest BCUT2D eigenvalue weighted by atomic mass is 16.7. The van der Waals surface area contributed by atoms with Crippen LogP contribution in [0, 0.1) is 0 Å². The van der Waals surface area contributed by atoms with Crippen LogP contribution in [0.4, 0.5) is 10.5 Å². The zero-order valence-corrected chi connectivity index (χ0v) is 25.7. The molecule has 44 heavy (non-hydrogen) atoms. The summed E-state index contributed by atoms with van der Waals surface area (Å²) in [5, 5.41) is 15.3. The molecule has 9 heteroatoms. The van der Waals surface area contributed by atoms with E-state index < -0.39 is 11.9 Å². The number of esters is 1. The standard InChI is InChI=1S/C35H43N3O6/c1-35(2,3)44-32(40)30-13-8-18-38(30)22-29-20-31(26-16-14-25(23-39)15-17-26)43-33(42-29)27-11-7-12-28(19-27)37-34(41)36-21-24-9-5-4-6-10-24/h4-7,9-12,14-17,19,29-31,33,39H,8,13,18,20-23H2,1-3H3,(H2,36,37,41). The number of hydrogen-bond donors (Lipinski definition) is 3. The number of anilines is 1. The number of benzene rings is 3. The Morgan fingerprint density at radius 2 is 1.73 bits per heavy atom. The van der Waals surface area contributed by atoms with E-state index >= 15 is 0 Å². The number of likely N-dealkylation sites (tertiary alicyclic amines) is 1. The van der Waals surface area contributed by atoms with E-state index in [-0.39, 0.29) is 36.9 Å². The van der Waals surface area contributed by atoms with Gasteiger partial charge in [-0.25, -0.2) is 4.79 Å². The van der Waals surface area contributed by atoms with E-state index in [0.717, 1.165) is 41.6 Å². The lowest BCUT2D eigenvalue weighted by Gasteiger charge is -2.38. The molecule has 4 atom stereocenters. The van der Waals surface area contributed by atoms with Gasteiger partial charge < -0.3 is 30.0 Å². The molecule has 0 saturated carbocycles. The van der Waals surface area contributed by atoms with E-state index in [9.17, 15) is 14.7 Å². The Bertz CT molecular complexity index is 1390. The molecule has 234 valence electrons. The number of aliphatic hydroxyl groups is 1. The van der Waals surface area contributed by atoms with Crippen LogP contribution in [0.25, 0.3) is 0 Å². The Balaban J connectivity index is 1.30. The molecule has 2 amide bonds. The smallest absolute Gasteiger partial charge is 0.323 e. The molecule has 0 bridgehead atoms. The second kappa shape index (κ2) is 14.3. The van der Waals surface area contributed by atoms with Crippen molar-refractivity contribution in [1.29, 1.82) is 0 Å². The average molecular weight is 602 g/mol. The predicted molar refractivity (Wildman–Crippen MR) is 168 cm³/mol. The molecule has 2 aliphatic heterocycles. The van der Waals surface area contributed by atoms with Crippen LogP contribution in [0.1, 0.15) is 74.7 Å². The van der Waals surface area contributed by atoms with Crippen molar-refractivity contribution in [3.05, 3.63) is 101 Å². The summed E-state index contributed by atoms with van der Waals surface area (Å²) in [6.45, 7) is 7.41. The Morgan fingerprint density at radius 1 is 0.955 bits per heavy atom. The molecular formula is C35H43N3O6. The fourth-order valence-electron chi connectivity index (χ4n) is 5.69. The minimum Gasteiger partial charge on any atom is -0.459 e. The lowest BCUT2D eigenvalue weighted by atomic mass is 9.99. The summed E-state index contributed by atoms with van der Waals surface area (Å²) in [6, 6.07) is 24.3. The fraction of sp³-hybridized carbons (Fsp3) is 0.429. The number of ether oxygens (including phenoxy) is 3. The maximum absolute atomic E-state index is 13.0. The number of carbonyl (C=O) groups excluding carboxylic acids is 2. The highest BCUT2D eigenvalue weighted by molar-refractivity contribution is 5.89. The van der Waals surface area contributed by atoms with Gasteiger partial charge in [0.1, 0.15) is 11.6 Å². The number of carbonyl (C=O) groups is 2. The molecule has 2 saturated heterocycles. The first-order valence-corrected chi connectivity index (χ1v) is 15.3. The van der Waals surface area contributed by atoms with Gasteiger partial charge in [-0.1, -0.05) is 66.7 Å². The van der Waals surface area contributed by atoms with E-state index in [4.69, 9.17) is 14.2 Å². The second-order valence-corrected chi connectivity index (χ2v) is 12.5. The van der Waals surface area contributed by atoms with Crippen LogP contribution >= 0.6 is 0 Å². The first kappa shape index (κ1) is 31.7. The number of aliphatic hydroxyl groups excluding tert-OH is 1. The van der Waals surface area contributed by atoms with Gasteiger partial charge in [0, 0.05) is 30.8 Å². The van der Waals surface area contributed by atoms with Crippen molar-refractivity contribution < 1.29 is 28.9 Å². The van der Waals surface area contributed by atoms with Crippen LogP contribution in [0.2, 0.25) is 0 Å². The first-order valence-electron chi connectivity index (χ1n) is 15.3. The number of amides is 2. The number of nitrogens with one attached hydrogen (secondary N) is 2. The van der Waals surface area contributed by atoms with E-state index in [1.807, 2.05) is 99.6 Å². The van der Waals surface area contributed by atoms with E-state index in [1.54, 1.807) is 0 Å². The van der Waals surface area contributed by atoms with Gasteiger partial charge in [-0.3, -0.25) is 9.69 Å². The second-order valence-electron chi connectivity index (χ2n) is 12.5. The SMILES string of the molecule is CC(C)(C)OC(=O)C1CCCN1CC1CC(c2ccc(CO)cc2)OC(c2cccc(NC(=O)NCc3ccccc3)c2)O1. The molecular weight excluding hydrogens is 558 g/mol. The van der Waals surface area contributed by atoms with Crippen molar-refractivity contribution in [3.8, 4) is 0 Å². The lowest BCUT2D eigenvalue weighted by Crippen LogP contribution is -2.45. The zero-order valence-electron chi connectivity index (χ0n) is 25.7. The molecule has 0 aliphatic carbocycles. The van der Waals surface area contributed by atoms with E-state index in [2.05, 4.69) is 15.5 Å². The molecule has 3 aromatic carbocycles. The minimum absolute atomic E-state index is 0.0279. The Kier molecular flexibility index (Phi) is 10.3. The summed E-state index contributed by atoms with van der Waals surface area (Å²) in [4.78, 5) is 27.8. The summed E-state index contributed by atoms with van der Waals surface area (Å²) in [5.41, 5.74) is 3.68. The monoisotopic (exact) mass is 601 g/mol. The third-order valence-corrected chi connectivity index (χ3v) is 7.81. The largest absolute Gasteiger partial charge is 0.459 e. The van der Waals surface area contributed by atoms with E-state index in [0.29, 0.717) is 25.2 Å². The number of rotatable bonds is 9. The van der Waals surface area contributed by atoms with Gasteiger partial charge in [0.15, 0.2) is 6.29 Å². The normalized spacial score (nSPS) is 22.4. The molecule has 0 radical (unpaired) electrons. The van der Waals surface area contributed by atoms with Crippen LogP contribution in [0.3, 0.4) is 0 Å². The quantitative estimate of drug-likeness (QED) is 0.264. The van der Waals surface area contributed by atoms with Crippen molar-refractivity contribution in [3.63, 3.8) is 0 Å². The zero-order chi connectivity index (χ0) is 31.1. The van der Waals surface area contributed by atoms with Crippen molar-refractivity contribution >= 4 is 17.7 Å². The average Bonchev–Trinajstić information content (AvgIpc) is 3.48. The minimum atomic E-state index is -0.687. The van der Waals surface area contributed by atoms with Gasteiger partial charge in [0.05, 0.1) is 18.8 Å². The van der Waals surface area contributed by atoms with Gasteiger partial charge in [-0.15, -0.1) is 0 Å². The highest BCUT2D eigenvalue weighted by Crippen LogP contribution is 2.39. The lowest BCUT2D eigenvalue weighted by molar-refractivity contribution is -0.253. The molecule has 4 unspecified atom stereocenters. The maximum Gasteiger partial charge on any atom is 0.323 e. The third-order valence-electron chi connectivity index (χ3n) is 7.81. The molecule has 3 N–H and O–H groups in total. The number of hydrogen-bond acceptors (Lipinski definition) is 7. The van der Waals surface area contributed by atoms with Crippen LogP contribution in [-0.2, 0) is 32.2 Å². The van der Waals surface area contributed by atoms with Gasteiger partial charge >= 0.3 is 12.0 Å². The maximum atomic E-state index is 13.0. The van der Waals surface area contributed by atoms with Gasteiger partial charge in [0.25, 0.3) is 0 Å². The van der Waals surface area contributed by atoms with Crippen molar-refractivity contribution in [2.45, 2.75) is 83.3 Å². The van der Waals surface area contributed by atoms with Crippen molar-refractivity contribution in [2.24, 2.45) is 0 Å². The summed E-state index contributed by atoms with van der Waals surface area (Å²) in [6.07, 6.45) is 1.11. The molecule has 2 heterocycles. The highest BCUT2D eigenvalue weighted by Gasteiger charge is 2.39. The molecule has 2 fully saturated rings. The summed E-state index contributed by atoms with van der Waals surface area (Å²) < 4.78 is 18.8. The van der Waals surface area contributed by atoms with Crippen molar-refractivity contribution in [1.82, 2.24) is 10.2 Å². The van der Waals surface area contributed by atoms with Crippen LogP contribution in [0.15, 0.2) is 78.9 Å². The number of urea groups is 1. The predicted octanol–water partition coefficient (Wildman–Crippen LogP) is 5.85. The topological polar surface area (TPSA) is 109 Å². The van der Waals surface area contributed by atoms with Gasteiger partial charge in [-0.05, 0) is 69.0 Å². The molecule has 3 aromatic rings. The van der Waals surface area contributed by atoms with Gasteiger partial charge in [0.2, 0.25) is 0 Å². The van der Waals surface area contributed by atoms with Crippen LogP contribution < -0.4 is 10.6 Å². The Labute approximate surface area is 259 Å². The van der Waals surface area contributed by atoms with Crippen LogP contribution in [-0.4, -0.2) is 52.8 Å². The third kappa shape index (κ3) is 8.66. The van der Waals surface area contributed by atoms with E-state index in [1.165, 1.54) is 0 Å². The fourth-order valence-corrected chi connectivity index (χ4v) is 5.69. The Morgan fingerprint density at radius 3 is 2.45 bits per heavy atom. The summed E-state index contributed by atoms with van der Waals surface area (Å²) in [7, 11) is 0. The molecule has 2 aliphatic rings. The van der Waals surface area contributed by atoms with Crippen molar-refractivity contribution in [2.75, 3.05) is 18.4 Å². The molecule has 0 spiro atoms. The van der Waals surface area contributed by atoms with Gasteiger partial charge in [-0.2, -0.15) is 0 Å². The Hall–Kier alpha value is -3.76. The first-order chi connectivity index (χ1) is 21.2. The molecule has 5 rings (SSSR count). The van der Waals surface area contributed by atoms with Crippen LogP contribution in [0.5, 0.6) is 0 Å². The number of nitrogens with zero attached hydrogens (tertiary/aromatic N) is 1.